The van der Waals surface area contributed by atoms with Gasteiger partial charge in [-0.1, -0.05) is 13.8 Å². The fourth-order valence-corrected chi connectivity index (χ4v) is 2.61. The first-order valence-corrected chi connectivity index (χ1v) is 7.34. The second-order valence-corrected chi connectivity index (χ2v) is 5.83. The van der Waals surface area contributed by atoms with E-state index in [9.17, 15) is 0 Å². The van der Waals surface area contributed by atoms with Crippen molar-refractivity contribution in [1.82, 2.24) is 20.1 Å². The van der Waals surface area contributed by atoms with E-state index in [-0.39, 0.29) is 0 Å². The first-order valence-electron chi connectivity index (χ1n) is 7.34. The summed E-state index contributed by atoms with van der Waals surface area (Å²) in [5.41, 5.74) is 0. The SMILES string of the molecule is CNC1CCC(OCc2ncnn2CC(C)C)CC1. The summed E-state index contributed by atoms with van der Waals surface area (Å²) in [7, 11) is 2.04. The zero-order valence-electron chi connectivity index (χ0n) is 12.3. The summed E-state index contributed by atoms with van der Waals surface area (Å²) in [5.74, 6) is 1.52. The second-order valence-electron chi connectivity index (χ2n) is 5.83. The van der Waals surface area contributed by atoms with E-state index in [1.165, 1.54) is 12.8 Å². The van der Waals surface area contributed by atoms with Gasteiger partial charge in [-0.2, -0.15) is 5.10 Å². The predicted molar refractivity (Wildman–Crippen MR) is 74.8 cm³/mol. The summed E-state index contributed by atoms with van der Waals surface area (Å²) in [6.07, 6.45) is 6.71. The van der Waals surface area contributed by atoms with Crippen molar-refractivity contribution in [1.29, 1.82) is 0 Å². The van der Waals surface area contributed by atoms with E-state index >= 15 is 0 Å². The average molecular weight is 266 g/mol. The van der Waals surface area contributed by atoms with Gasteiger partial charge >= 0.3 is 0 Å². The van der Waals surface area contributed by atoms with E-state index in [1.54, 1.807) is 6.33 Å². The minimum atomic E-state index is 0.383. The van der Waals surface area contributed by atoms with Crippen LogP contribution in [0.25, 0.3) is 0 Å². The zero-order valence-corrected chi connectivity index (χ0v) is 12.3. The summed E-state index contributed by atoms with van der Waals surface area (Å²) in [4.78, 5) is 4.30. The Morgan fingerprint density at radius 2 is 2.11 bits per heavy atom. The summed E-state index contributed by atoms with van der Waals surface area (Å²) in [5, 5.41) is 7.60. The lowest BCUT2D eigenvalue weighted by molar-refractivity contribution is 0.00683. The number of nitrogens with zero attached hydrogens (tertiary/aromatic N) is 3. The van der Waals surface area contributed by atoms with Crippen LogP contribution in [-0.4, -0.2) is 34.0 Å². The van der Waals surface area contributed by atoms with Crippen molar-refractivity contribution in [3.8, 4) is 0 Å². The molecule has 0 unspecified atom stereocenters. The van der Waals surface area contributed by atoms with Crippen molar-refractivity contribution in [2.24, 2.45) is 5.92 Å². The molecule has 1 saturated carbocycles. The largest absolute Gasteiger partial charge is 0.370 e. The molecule has 108 valence electrons. The van der Waals surface area contributed by atoms with E-state index in [0.717, 1.165) is 25.2 Å². The fourth-order valence-electron chi connectivity index (χ4n) is 2.61. The fraction of sp³-hybridized carbons (Fsp3) is 0.857. The molecule has 0 amide bonds. The van der Waals surface area contributed by atoms with Gasteiger partial charge in [0.05, 0.1) is 6.10 Å². The van der Waals surface area contributed by atoms with Crippen LogP contribution in [0.2, 0.25) is 0 Å². The van der Waals surface area contributed by atoms with E-state index < -0.39 is 0 Å². The number of hydrogen-bond donors (Lipinski definition) is 1. The molecule has 0 saturated heterocycles. The van der Waals surface area contributed by atoms with Crippen LogP contribution in [0.3, 0.4) is 0 Å². The standard InChI is InChI=1S/C14H26N4O/c1-11(2)8-18-14(16-10-17-18)9-19-13-6-4-12(15-3)5-7-13/h10-13,15H,4-9H2,1-3H3. The molecule has 2 rings (SSSR count). The lowest BCUT2D eigenvalue weighted by Gasteiger charge is -2.28. The number of rotatable bonds is 6. The van der Waals surface area contributed by atoms with Gasteiger partial charge in [0.15, 0.2) is 5.82 Å². The second kappa shape index (κ2) is 7.01. The van der Waals surface area contributed by atoms with E-state index in [1.807, 2.05) is 11.7 Å². The van der Waals surface area contributed by atoms with Gasteiger partial charge in [0, 0.05) is 12.6 Å². The lowest BCUT2D eigenvalue weighted by Crippen LogP contribution is -2.33. The predicted octanol–water partition coefficient (Wildman–Crippen LogP) is 1.98. The Morgan fingerprint density at radius 1 is 1.37 bits per heavy atom. The monoisotopic (exact) mass is 266 g/mol. The highest BCUT2D eigenvalue weighted by Gasteiger charge is 2.21. The van der Waals surface area contributed by atoms with Crippen LogP contribution in [0.4, 0.5) is 0 Å². The van der Waals surface area contributed by atoms with Crippen molar-refractivity contribution in [2.45, 2.75) is 64.8 Å². The van der Waals surface area contributed by atoms with Crippen LogP contribution in [0.15, 0.2) is 6.33 Å². The Kier molecular flexibility index (Phi) is 5.34. The number of ether oxygens (including phenoxy) is 1. The molecule has 1 aliphatic carbocycles. The molecule has 1 N–H and O–H groups in total. The van der Waals surface area contributed by atoms with Crippen LogP contribution in [0, 0.1) is 5.92 Å². The Labute approximate surface area is 115 Å². The van der Waals surface area contributed by atoms with Gasteiger partial charge in [0.1, 0.15) is 12.9 Å². The molecule has 1 fully saturated rings. The van der Waals surface area contributed by atoms with Gasteiger partial charge in [-0.3, -0.25) is 0 Å². The van der Waals surface area contributed by atoms with Crippen molar-refractivity contribution >= 4 is 0 Å². The van der Waals surface area contributed by atoms with Gasteiger partial charge in [-0.25, -0.2) is 9.67 Å². The van der Waals surface area contributed by atoms with Crippen molar-refractivity contribution in [3.63, 3.8) is 0 Å². The maximum absolute atomic E-state index is 5.99. The number of hydrogen-bond acceptors (Lipinski definition) is 4. The topological polar surface area (TPSA) is 52.0 Å². The highest BCUT2D eigenvalue weighted by atomic mass is 16.5. The smallest absolute Gasteiger partial charge is 0.152 e. The summed E-state index contributed by atoms with van der Waals surface area (Å²) < 4.78 is 7.95. The summed E-state index contributed by atoms with van der Waals surface area (Å²) in [6, 6.07) is 0.671. The number of nitrogens with one attached hydrogen (secondary N) is 1. The molecule has 1 aromatic heterocycles. The van der Waals surface area contributed by atoms with Crippen LogP contribution < -0.4 is 5.32 Å². The molecule has 0 spiro atoms. The molecule has 0 atom stereocenters. The third-order valence-electron chi connectivity index (χ3n) is 3.76. The molecule has 0 radical (unpaired) electrons. The third-order valence-corrected chi connectivity index (χ3v) is 3.76. The quantitative estimate of drug-likeness (QED) is 0.855. The Hall–Kier alpha value is -0.940. The molecule has 5 nitrogen and oxygen atoms in total. The van der Waals surface area contributed by atoms with Gasteiger partial charge in [0.25, 0.3) is 0 Å². The molecular formula is C14H26N4O. The Bertz CT molecular complexity index is 369. The molecular weight excluding hydrogens is 240 g/mol. The van der Waals surface area contributed by atoms with E-state index in [2.05, 4.69) is 29.2 Å². The highest BCUT2D eigenvalue weighted by molar-refractivity contribution is 4.83. The summed E-state index contributed by atoms with van der Waals surface area (Å²) in [6.45, 7) is 5.86. The van der Waals surface area contributed by atoms with Crippen LogP contribution >= 0.6 is 0 Å². The summed E-state index contributed by atoms with van der Waals surface area (Å²) >= 11 is 0. The Balaban J connectivity index is 1.78. The normalized spacial score (nSPS) is 24.0. The van der Waals surface area contributed by atoms with Gasteiger partial charge < -0.3 is 10.1 Å². The average Bonchev–Trinajstić information content (AvgIpc) is 2.83. The minimum absolute atomic E-state index is 0.383. The lowest BCUT2D eigenvalue weighted by atomic mass is 9.93. The van der Waals surface area contributed by atoms with E-state index in [0.29, 0.717) is 24.7 Å². The van der Waals surface area contributed by atoms with Crippen LogP contribution in [-0.2, 0) is 17.9 Å². The molecule has 1 aliphatic rings. The molecule has 1 heterocycles. The van der Waals surface area contributed by atoms with Gasteiger partial charge in [-0.15, -0.1) is 0 Å². The third kappa shape index (κ3) is 4.28. The highest BCUT2D eigenvalue weighted by Crippen LogP contribution is 2.21. The Morgan fingerprint density at radius 3 is 2.74 bits per heavy atom. The van der Waals surface area contributed by atoms with Gasteiger partial charge in [0.2, 0.25) is 0 Å². The molecule has 0 aliphatic heterocycles. The van der Waals surface area contributed by atoms with Crippen molar-refractivity contribution in [2.75, 3.05) is 7.05 Å². The van der Waals surface area contributed by atoms with Gasteiger partial charge in [-0.05, 0) is 38.6 Å². The molecule has 19 heavy (non-hydrogen) atoms. The first-order chi connectivity index (χ1) is 9.19. The van der Waals surface area contributed by atoms with Crippen molar-refractivity contribution in [3.05, 3.63) is 12.2 Å². The minimum Gasteiger partial charge on any atom is -0.370 e. The maximum atomic E-state index is 5.99. The molecule has 0 bridgehead atoms. The van der Waals surface area contributed by atoms with E-state index in [4.69, 9.17) is 4.74 Å². The molecule has 0 aromatic carbocycles. The van der Waals surface area contributed by atoms with Crippen molar-refractivity contribution < 1.29 is 4.74 Å². The maximum Gasteiger partial charge on any atom is 0.152 e. The van der Waals surface area contributed by atoms with Crippen LogP contribution in [0.5, 0.6) is 0 Å². The van der Waals surface area contributed by atoms with Crippen LogP contribution in [0.1, 0.15) is 45.4 Å². The zero-order chi connectivity index (χ0) is 13.7. The number of aromatic nitrogens is 3. The molecule has 5 heteroatoms. The first kappa shape index (κ1) is 14.5. The molecule has 1 aromatic rings.